The lowest BCUT2D eigenvalue weighted by Crippen LogP contribution is -2.11. The fraction of sp³-hybridized carbons (Fsp3) is 0.250. The van der Waals surface area contributed by atoms with Crippen molar-refractivity contribution in [1.29, 1.82) is 5.26 Å². The molecule has 0 unspecified atom stereocenters. The maximum atomic E-state index is 9.61. The van der Waals surface area contributed by atoms with Crippen LogP contribution in [-0.2, 0) is 13.1 Å². The Hall–Kier alpha value is -2.54. The zero-order valence-electron chi connectivity index (χ0n) is 11.1. The molecule has 0 aliphatic carbocycles. The zero-order valence-corrected chi connectivity index (χ0v) is 11.1. The highest BCUT2D eigenvalue weighted by Crippen LogP contribution is 2.34. The lowest BCUT2D eigenvalue weighted by molar-refractivity contribution is 0.515. The van der Waals surface area contributed by atoms with E-state index < -0.39 is 0 Å². The van der Waals surface area contributed by atoms with Crippen molar-refractivity contribution in [2.24, 2.45) is 0 Å². The molecular weight excluding hydrogens is 248 g/mol. The number of para-hydroxylation sites is 1. The Morgan fingerprint density at radius 3 is 2.85 bits per heavy atom. The summed E-state index contributed by atoms with van der Waals surface area (Å²) in [6.07, 6.45) is 4.04. The van der Waals surface area contributed by atoms with Gasteiger partial charge in [-0.25, -0.2) is 0 Å². The summed E-state index contributed by atoms with van der Waals surface area (Å²) >= 11 is 0. The van der Waals surface area contributed by atoms with E-state index >= 15 is 0 Å². The smallest absolute Gasteiger partial charge is 0.102 e. The van der Waals surface area contributed by atoms with E-state index in [2.05, 4.69) is 21.8 Å². The molecule has 0 radical (unpaired) electrons. The van der Waals surface area contributed by atoms with Gasteiger partial charge in [0.15, 0.2) is 0 Å². The number of hydrogen-bond acceptors (Lipinski definition) is 2. The van der Waals surface area contributed by atoms with Gasteiger partial charge in [-0.2, -0.15) is 10.4 Å². The van der Waals surface area contributed by atoms with Crippen molar-refractivity contribution in [3.63, 3.8) is 0 Å². The first-order chi connectivity index (χ1) is 9.90. The molecule has 0 bridgehead atoms. The van der Waals surface area contributed by atoms with Crippen molar-refractivity contribution < 1.29 is 0 Å². The molecule has 1 aromatic carbocycles. The van der Waals surface area contributed by atoms with Crippen LogP contribution >= 0.6 is 0 Å². The molecule has 98 valence electrons. The van der Waals surface area contributed by atoms with Gasteiger partial charge < -0.3 is 4.57 Å². The van der Waals surface area contributed by atoms with Crippen LogP contribution in [0.2, 0.25) is 0 Å². The Labute approximate surface area is 116 Å². The van der Waals surface area contributed by atoms with Gasteiger partial charge in [-0.15, -0.1) is 0 Å². The third-order valence-corrected chi connectivity index (χ3v) is 4.04. The van der Waals surface area contributed by atoms with Crippen LogP contribution < -0.4 is 0 Å². The molecular formula is C16H14N4. The maximum absolute atomic E-state index is 9.61. The molecule has 20 heavy (non-hydrogen) atoms. The Morgan fingerprint density at radius 2 is 1.95 bits per heavy atom. The van der Waals surface area contributed by atoms with Gasteiger partial charge in [0.25, 0.3) is 0 Å². The van der Waals surface area contributed by atoms with Crippen LogP contribution in [0.4, 0.5) is 0 Å². The second-order valence-corrected chi connectivity index (χ2v) is 5.15. The monoisotopic (exact) mass is 262 g/mol. The first-order valence-electron chi connectivity index (χ1n) is 6.93. The zero-order chi connectivity index (χ0) is 13.5. The van der Waals surface area contributed by atoms with Crippen LogP contribution in [0.15, 0.2) is 36.5 Å². The first-order valence-corrected chi connectivity index (χ1v) is 6.93. The number of nitriles is 1. The minimum atomic E-state index is 0.768. The summed E-state index contributed by atoms with van der Waals surface area (Å²) in [7, 11) is 0. The minimum Gasteiger partial charge on any atom is -0.338 e. The third-order valence-electron chi connectivity index (χ3n) is 4.04. The summed E-state index contributed by atoms with van der Waals surface area (Å²) in [6.45, 7) is 1.89. The molecule has 0 N–H and O–H groups in total. The fourth-order valence-corrected chi connectivity index (χ4v) is 3.16. The van der Waals surface area contributed by atoms with E-state index in [1.165, 1.54) is 0 Å². The van der Waals surface area contributed by atoms with Crippen molar-refractivity contribution >= 4 is 10.9 Å². The van der Waals surface area contributed by atoms with Gasteiger partial charge in [-0.3, -0.25) is 4.68 Å². The Kier molecular flexibility index (Phi) is 2.40. The minimum absolute atomic E-state index is 0.768. The molecule has 0 fully saturated rings. The van der Waals surface area contributed by atoms with Gasteiger partial charge in [0, 0.05) is 30.2 Å². The van der Waals surface area contributed by atoms with Crippen molar-refractivity contribution in [2.75, 3.05) is 0 Å². The van der Waals surface area contributed by atoms with E-state index in [4.69, 9.17) is 0 Å². The predicted octanol–water partition coefficient (Wildman–Crippen LogP) is 3.17. The second-order valence-electron chi connectivity index (χ2n) is 5.15. The van der Waals surface area contributed by atoms with E-state index in [1.807, 2.05) is 35.1 Å². The lowest BCUT2D eigenvalue weighted by Gasteiger charge is -2.16. The molecule has 1 aliphatic heterocycles. The second kappa shape index (κ2) is 4.24. The van der Waals surface area contributed by atoms with Crippen LogP contribution in [0.5, 0.6) is 0 Å². The van der Waals surface area contributed by atoms with E-state index in [-0.39, 0.29) is 0 Å². The van der Waals surface area contributed by atoms with Gasteiger partial charge in [0.2, 0.25) is 0 Å². The quantitative estimate of drug-likeness (QED) is 0.624. The molecule has 3 aromatic rings. The van der Waals surface area contributed by atoms with Gasteiger partial charge in [-0.05, 0) is 25.0 Å². The van der Waals surface area contributed by atoms with E-state index in [1.54, 1.807) is 0 Å². The summed E-state index contributed by atoms with van der Waals surface area (Å²) < 4.78 is 4.30. The highest BCUT2D eigenvalue weighted by Gasteiger charge is 2.22. The normalized spacial score (nSPS) is 14.2. The highest BCUT2D eigenvalue weighted by atomic mass is 15.3. The topological polar surface area (TPSA) is 46.5 Å². The standard InChI is InChI=1S/C16H14N4/c17-11-13-12-5-1-2-6-14(12)19-9-3-4-10-20-15(16(13)19)7-8-18-20/h1-2,5-8H,3-4,9-10H2. The number of aryl methyl sites for hydroxylation is 2. The van der Waals surface area contributed by atoms with E-state index in [0.29, 0.717) is 0 Å². The largest absolute Gasteiger partial charge is 0.338 e. The number of fused-ring (bicyclic) bond motifs is 5. The van der Waals surface area contributed by atoms with E-state index in [9.17, 15) is 5.26 Å². The molecule has 2 aromatic heterocycles. The Balaban J connectivity index is 2.16. The van der Waals surface area contributed by atoms with Crippen molar-refractivity contribution in [3.05, 3.63) is 42.1 Å². The summed E-state index contributed by atoms with van der Waals surface area (Å²) in [5.41, 5.74) is 3.99. The van der Waals surface area contributed by atoms with Crippen LogP contribution in [0, 0.1) is 11.3 Å². The Morgan fingerprint density at radius 1 is 1.10 bits per heavy atom. The molecule has 0 spiro atoms. The van der Waals surface area contributed by atoms with Crippen molar-refractivity contribution in [3.8, 4) is 17.5 Å². The first kappa shape index (κ1) is 11.3. The molecule has 0 saturated carbocycles. The van der Waals surface area contributed by atoms with Gasteiger partial charge >= 0.3 is 0 Å². The van der Waals surface area contributed by atoms with Crippen LogP contribution in [-0.4, -0.2) is 14.3 Å². The molecule has 4 heteroatoms. The number of hydrogen-bond donors (Lipinski definition) is 0. The maximum Gasteiger partial charge on any atom is 0.102 e. The van der Waals surface area contributed by atoms with Gasteiger partial charge in [-0.1, -0.05) is 18.2 Å². The lowest BCUT2D eigenvalue weighted by atomic mass is 10.1. The summed E-state index contributed by atoms with van der Waals surface area (Å²) in [6, 6.07) is 12.6. The summed E-state index contributed by atoms with van der Waals surface area (Å²) in [5, 5.41) is 15.1. The number of rotatable bonds is 0. The number of aromatic nitrogens is 3. The average molecular weight is 262 g/mol. The molecule has 1 aliphatic rings. The predicted molar refractivity (Wildman–Crippen MR) is 77.1 cm³/mol. The highest BCUT2D eigenvalue weighted by molar-refractivity contribution is 5.94. The molecule has 3 heterocycles. The van der Waals surface area contributed by atoms with Crippen molar-refractivity contribution in [1.82, 2.24) is 14.3 Å². The third kappa shape index (κ3) is 1.44. The molecule has 4 rings (SSSR count). The van der Waals surface area contributed by atoms with Crippen LogP contribution in [0.1, 0.15) is 18.4 Å². The molecule has 0 atom stereocenters. The fourth-order valence-electron chi connectivity index (χ4n) is 3.16. The number of nitrogens with zero attached hydrogens (tertiary/aromatic N) is 4. The van der Waals surface area contributed by atoms with Crippen LogP contribution in [0.3, 0.4) is 0 Å². The molecule has 0 saturated heterocycles. The van der Waals surface area contributed by atoms with Crippen molar-refractivity contribution in [2.45, 2.75) is 25.9 Å². The SMILES string of the molecule is N#Cc1c2n(c3ccccc13)CCCCn1nccc1-2. The number of benzene rings is 1. The average Bonchev–Trinajstić information content (AvgIpc) is 3.02. The van der Waals surface area contributed by atoms with Gasteiger partial charge in [0.05, 0.1) is 17.0 Å². The molecule has 4 nitrogen and oxygen atoms in total. The van der Waals surface area contributed by atoms with Crippen LogP contribution in [0.25, 0.3) is 22.3 Å². The summed E-state index contributed by atoms with van der Waals surface area (Å²) in [4.78, 5) is 0. The molecule has 0 amide bonds. The van der Waals surface area contributed by atoms with Gasteiger partial charge in [0.1, 0.15) is 6.07 Å². The Bertz CT molecular complexity index is 832. The summed E-state index contributed by atoms with van der Waals surface area (Å²) in [5.74, 6) is 0. The van der Waals surface area contributed by atoms with E-state index in [0.717, 1.165) is 53.8 Å².